The lowest BCUT2D eigenvalue weighted by molar-refractivity contribution is -0.143. The number of carboxylic acids is 1. The van der Waals surface area contributed by atoms with Crippen LogP contribution < -0.4 is 5.73 Å². The Labute approximate surface area is 81.3 Å². The van der Waals surface area contributed by atoms with Gasteiger partial charge in [-0.15, -0.1) is 0 Å². The highest BCUT2D eigenvalue weighted by Gasteiger charge is 2.54. The van der Waals surface area contributed by atoms with Crippen LogP contribution in [-0.2, 0) is 21.7 Å². The molecule has 1 fully saturated rings. The fraction of sp³-hybridized carbons (Fsp3) is 0.300. The molecule has 14 heavy (non-hydrogen) atoms. The number of hydrogen-bond donors (Lipinski definition) is 2. The molecule has 1 aliphatic rings. The van der Waals surface area contributed by atoms with E-state index in [0.29, 0.717) is 12.1 Å². The molecule has 0 radical (unpaired) electrons. The summed E-state index contributed by atoms with van der Waals surface area (Å²) in [5, 5.41) is 8.93. The van der Waals surface area contributed by atoms with Crippen molar-refractivity contribution in [1.82, 2.24) is 0 Å². The molecular formula is C10H11NO3. The monoisotopic (exact) mass is 193 g/mol. The molecule has 2 rings (SSSR count). The van der Waals surface area contributed by atoms with Gasteiger partial charge in [-0.25, -0.2) is 4.79 Å². The molecule has 0 amide bonds. The van der Waals surface area contributed by atoms with E-state index in [0.717, 1.165) is 5.56 Å². The van der Waals surface area contributed by atoms with Crippen LogP contribution in [0.1, 0.15) is 11.1 Å². The fourth-order valence-corrected chi connectivity index (χ4v) is 1.40. The molecule has 1 aliphatic heterocycles. The SMILES string of the molecule is NCc1ccc(C2(C(=O)O)CO2)cc1. The van der Waals surface area contributed by atoms with Crippen molar-refractivity contribution >= 4 is 5.97 Å². The molecule has 0 bridgehead atoms. The zero-order chi connectivity index (χ0) is 10.2. The smallest absolute Gasteiger partial charge is 0.343 e. The van der Waals surface area contributed by atoms with Gasteiger partial charge in [-0.1, -0.05) is 24.3 Å². The van der Waals surface area contributed by atoms with Gasteiger partial charge in [0.15, 0.2) is 0 Å². The van der Waals surface area contributed by atoms with Crippen molar-refractivity contribution in [2.24, 2.45) is 5.73 Å². The molecule has 1 aromatic rings. The lowest BCUT2D eigenvalue weighted by Crippen LogP contribution is -2.21. The van der Waals surface area contributed by atoms with Crippen molar-refractivity contribution in [3.8, 4) is 0 Å². The van der Waals surface area contributed by atoms with Gasteiger partial charge >= 0.3 is 5.97 Å². The minimum Gasteiger partial charge on any atom is -0.479 e. The lowest BCUT2D eigenvalue weighted by Gasteiger charge is -2.06. The first-order valence-electron chi connectivity index (χ1n) is 4.36. The molecule has 4 heteroatoms. The standard InChI is InChI=1S/C10H11NO3/c11-5-7-1-3-8(4-2-7)10(6-14-10)9(12)13/h1-4H,5-6,11H2,(H,12,13). The van der Waals surface area contributed by atoms with E-state index in [1.807, 2.05) is 12.1 Å². The van der Waals surface area contributed by atoms with Gasteiger partial charge < -0.3 is 15.6 Å². The number of rotatable bonds is 3. The third-order valence-corrected chi connectivity index (χ3v) is 2.43. The highest BCUT2D eigenvalue weighted by atomic mass is 16.6. The van der Waals surface area contributed by atoms with Crippen molar-refractivity contribution in [2.75, 3.05) is 6.61 Å². The first kappa shape index (κ1) is 9.18. The molecule has 4 nitrogen and oxygen atoms in total. The van der Waals surface area contributed by atoms with E-state index in [9.17, 15) is 4.79 Å². The van der Waals surface area contributed by atoms with Crippen LogP contribution in [0.5, 0.6) is 0 Å². The van der Waals surface area contributed by atoms with Gasteiger partial charge in [-0.2, -0.15) is 0 Å². The number of carboxylic acid groups (broad SMARTS) is 1. The summed E-state index contributed by atoms with van der Waals surface area (Å²) in [6.45, 7) is 0.714. The largest absolute Gasteiger partial charge is 0.479 e. The Morgan fingerprint density at radius 1 is 1.50 bits per heavy atom. The third kappa shape index (κ3) is 1.29. The minimum atomic E-state index is -1.09. The first-order valence-corrected chi connectivity index (χ1v) is 4.36. The topological polar surface area (TPSA) is 75.9 Å². The molecule has 1 saturated heterocycles. The number of hydrogen-bond acceptors (Lipinski definition) is 3. The van der Waals surface area contributed by atoms with Gasteiger partial charge in [0.05, 0.1) is 6.61 Å². The van der Waals surface area contributed by atoms with Crippen LogP contribution >= 0.6 is 0 Å². The summed E-state index contributed by atoms with van der Waals surface area (Å²) >= 11 is 0. The normalized spacial score (nSPS) is 24.6. The van der Waals surface area contributed by atoms with Crippen molar-refractivity contribution in [2.45, 2.75) is 12.1 Å². The molecule has 0 spiro atoms. The van der Waals surface area contributed by atoms with E-state index >= 15 is 0 Å². The van der Waals surface area contributed by atoms with E-state index in [1.165, 1.54) is 0 Å². The molecule has 0 saturated carbocycles. The Bertz CT molecular complexity index is 354. The van der Waals surface area contributed by atoms with Gasteiger partial charge in [-0.05, 0) is 11.1 Å². The Balaban J connectivity index is 2.29. The van der Waals surface area contributed by atoms with Gasteiger partial charge in [0.1, 0.15) is 0 Å². The maximum absolute atomic E-state index is 10.9. The summed E-state index contributed by atoms with van der Waals surface area (Å²) in [5.41, 5.74) is 6.01. The minimum absolute atomic E-state index is 0.254. The predicted molar refractivity (Wildman–Crippen MR) is 49.6 cm³/mol. The second-order valence-electron chi connectivity index (χ2n) is 3.32. The fourth-order valence-electron chi connectivity index (χ4n) is 1.40. The van der Waals surface area contributed by atoms with Crippen LogP contribution in [0.4, 0.5) is 0 Å². The average Bonchev–Trinajstić information content (AvgIpc) is 2.99. The molecule has 1 heterocycles. The number of carbonyl (C=O) groups is 1. The van der Waals surface area contributed by atoms with Crippen LogP contribution in [0, 0.1) is 0 Å². The van der Waals surface area contributed by atoms with Gasteiger partial charge in [0, 0.05) is 6.54 Å². The second-order valence-corrected chi connectivity index (χ2v) is 3.32. The number of ether oxygens (including phenoxy) is 1. The Morgan fingerprint density at radius 2 is 2.07 bits per heavy atom. The van der Waals surface area contributed by atoms with Crippen LogP contribution in [0.25, 0.3) is 0 Å². The van der Waals surface area contributed by atoms with E-state index < -0.39 is 11.6 Å². The number of benzene rings is 1. The van der Waals surface area contributed by atoms with Crippen LogP contribution in [0.15, 0.2) is 24.3 Å². The summed E-state index contributed by atoms with van der Waals surface area (Å²) in [6.07, 6.45) is 0. The number of epoxide rings is 1. The zero-order valence-electron chi connectivity index (χ0n) is 7.56. The molecule has 1 aromatic carbocycles. The van der Waals surface area contributed by atoms with Crippen molar-refractivity contribution < 1.29 is 14.6 Å². The molecule has 0 aromatic heterocycles. The van der Waals surface area contributed by atoms with Gasteiger partial charge in [-0.3, -0.25) is 0 Å². The van der Waals surface area contributed by atoms with Crippen molar-refractivity contribution in [3.05, 3.63) is 35.4 Å². The summed E-state index contributed by atoms with van der Waals surface area (Å²) in [5.74, 6) is -0.932. The Kier molecular flexibility index (Phi) is 2.02. The summed E-state index contributed by atoms with van der Waals surface area (Å²) in [6, 6.07) is 7.15. The second kappa shape index (κ2) is 3.08. The molecule has 74 valence electrons. The van der Waals surface area contributed by atoms with E-state index in [-0.39, 0.29) is 6.61 Å². The molecule has 1 unspecified atom stereocenters. The average molecular weight is 193 g/mol. The molecule has 0 aliphatic carbocycles. The highest BCUT2D eigenvalue weighted by molar-refractivity contribution is 5.82. The van der Waals surface area contributed by atoms with E-state index in [1.54, 1.807) is 12.1 Å². The highest BCUT2D eigenvalue weighted by Crippen LogP contribution is 2.38. The van der Waals surface area contributed by atoms with Crippen LogP contribution in [-0.4, -0.2) is 17.7 Å². The lowest BCUT2D eigenvalue weighted by atomic mass is 9.99. The summed E-state index contributed by atoms with van der Waals surface area (Å²) in [4.78, 5) is 10.9. The van der Waals surface area contributed by atoms with Gasteiger partial charge in [0.25, 0.3) is 0 Å². The quantitative estimate of drug-likeness (QED) is 0.683. The van der Waals surface area contributed by atoms with Gasteiger partial charge in [0.2, 0.25) is 5.60 Å². The first-order chi connectivity index (χ1) is 6.69. The van der Waals surface area contributed by atoms with E-state index in [2.05, 4.69) is 0 Å². The molecular weight excluding hydrogens is 182 g/mol. The summed E-state index contributed by atoms with van der Waals surface area (Å²) < 4.78 is 4.99. The van der Waals surface area contributed by atoms with Crippen molar-refractivity contribution in [3.63, 3.8) is 0 Å². The molecule has 1 atom stereocenters. The van der Waals surface area contributed by atoms with Crippen LogP contribution in [0.2, 0.25) is 0 Å². The molecule has 3 N–H and O–H groups in total. The number of nitrogens with two attached hydrogens (primary N) is 1. The van der Waals surface area contributed by atoms with Crippen molar-refractivity contribution in [1.29, 1.82) is 0 Å². The number of aliphatic carboxylic acids is 1. The maximum Gasteiger partial charge on any atom is 0.343 e. The third-order valence-electron chi connectivity index (χ3n) is 2.43. The summed E-state index contributed by atoms with van der Waals surface area (Å²) in [7, 11) is 0. The zero-order valence-corrected chi connectivity index (χ0v) is 7.56. The Hall–Kier alpha value is -1.39. The predicted octanol–water partition coefficient (Wildman–Crippen LogP) is 0.455. The van der Waals surface area contributed by atoms with Crippen LogP contribution in [0.3, 0.4) is 0 Å². The Morgan fingerprint density at radius 3 is 2.43 bits per heavy atom. The maximum atomic E-state index is 10.9. The van der Waals surface area contributed by atoms with E-state index in [4.69, 9.17) is 15.6 Å².